The molecule has 0 spiro atoms. The number of halogens is 4. The first kappa shape index (κ1) is 15.3. The van der Waals surface area contributed by atoms with Gasteiger partial charge in [0.15, 0.2) is 0 Å². The molecule has 1 aromatic carbocycles. The molecule has 0 radical (unpaired) electrons. The number of hydrogen-bond donors (Lipinski definition) is 1. The van der Waals surface area contributed by atoms with Gasteiger partial charge in [-0.3, -0.25) is 9.78 Å². The molecule has 0 aliphatic heterocycles. The number of benzene rings is 1. The molecule has 0 bridgehead atoms. The molecule has 0 fully saturated rings. The highest BCUT2D eigenvalue weighted by Crippen LogP contribution is 2.34. The number of carbonyl (C=O) groups is 1. The van der Waals surface area contributed by atoms with E-state index in [4.69, 9.17) is 17.3 Å². The number of carbonyl (C=O) groups excluding carboxylic acids is 1. The van der Waals surface area contributed by atoms with Crippen molar-refractivity contribution in [2.75, 3.05) is 0 Å². The van der Waals surface area contributed by atoms with Crippen LogP contribution < -0.4 is 5.73 Å². The van der Waals surface area contributed by atoms with Gasteiger partial charge in [0, 0.05) is 6.20 Å². The summed E-state index contributed by atoms with van der Waals surface area (Å²) in [6.07, 6.45) is -3.91. The molecule has 2 aromatic rings. The Hall–Kier alpha value is -2.08. The summed E-state index contributed by atoms with van der Waals surface area (Å²) in [5.41, 5.74) is 4.87. The molecule has 1 heterocycles. The van der Waals surface area contributed by atoms with Gasteiger partial charge in [-0.15, -0.1) is 0 Å². The van der Waals surface area contributed by atoms with Crippen molar-refractivity contribution >= 4 is 17.5 Å². The average Bonchev–Trinajstić information content (AvgIpc) is 2.40. The Bertz CT molecular complexity index is 659. The van der Waals surface area contributed by atoms with Crippen LogP contribution in [0.4, 0.5) is 13.2 Å². The number of nitrogens with two attached hydrogens (primary N) is 1. The number of primary amides is 1. The van der Waals surface area contributed by atoms with E-state index in [0.29, 0.717) is 11.8 Å². The van der Waals surface area contributed by atoms with Crippen molar-refractivity contribution in [1.29, 1.82) is 0 Å². The molecule has 1 amide bonds. The summed E-state index contributed by atoms with van der Waals surface area (Å²) in [5.74, 6) is -1.74. The Balaban J connectivity index is 2.50. The first-order chi connectivity index (χ1) is 9.80. The minimum atomic E-state index is -4.55. The number of pyridine rings is 1. The Kier molecular flexibility index (Phi) is 4.18. The van der Waals surface area contributed by atoms with Crippen molar-refractivity contribution in [1.82, 2.24) is 4.98 Å². The van der Waals surface area contributed by atoms with Gasteiger partial charge < -0.3 is 5.73 Å². The molecular formula is C14H10ClF3N2O. The summed E-state index contributed by atoms with van der Waals surface area (Å²) in [5, 5.41) is -0.252. The molecule has 7 heteroatoms. The van der Waals surface area contributed by atoms with Crippen LogP contribution in [0.5, 0.6) is 0 Å². The van der Waals surface area contributed by atoms with E-state index in [0.717, 1.165) is 6.07 Å². The number of rotatable bonds is 3. The standard InChI is InChI=1S/C14H10ClF3N2O/c15-10-6-9(14(16,17)18)7-20-12(10)11(13(19)21)8-4-2-1-3-5-8/h1-7,11H,(H2,19,21)/t11-/m1/s1. The van der Waals surface area contributed by atoms with Gasteiger partial charge in [0.25, 0.3) is 0 Å². The first-order valence-electron chi connectivity index (χ1n) is 5.87. The van der Waals surface area contributed by atoms with E-state index in [1.54, 1.807) is 30.3 Å². The van der Waals surface area contributed by atoms with Crippen LogP contribution in [0.25, 0.3) is 0 Å². The highest BCUT2D eigenvalue weighted by Gasteiger charge is 2.33. The number of aromatic nitrogens is 1. The number of nitrogens with zero attached hydrogens (tertiary/aromatic N) is 1. The summed E-state index contributed by atoms with van der Waals surface area (Å²) >= 11 is 5.85. The molecule has 21 heavy (non-hydrogen) atoms. The van der Waals surface area contributed by atoms with Crippen molar-refractivity contribution in [2.45, 2.75) is 12.1 Å². The second-order valence-corrected chi connectivity index (χ2v) is 4.74. The molecule has 2 N–H and O–H groups in total. The SMILES string of the molecule is NC(=O)[C@H](c1ccccc1)c1ncc(C(F)(F)F)cc1Cl. The van der Waals surface area contributed by atoms with Crippen LogP contribution in [0, 0.1) is 0 Å². The Morgan fingerprint density at radius 1 is 1.24 bits per heavy atom. The number of amides is 1. The van der Waals surface area contributed by atoms with Crippen molar-refractivity contribution in [2.24, 2.45) is 5.73 Å². The summed E-state index contributed by atoms with van der Waals surface area (Å²) < 4.78 is 37.8. The van der Waals surface area contributed by atoms with E-state index in [9.17, 15) is 18.0 Å². The van der Waals surface area contributed by atoms with E-state index >= 15 is 0 Å². The molecule has 0 unspecified atom stereocenters. The third-order valence-corrected chi connectivity index (χ3v) is 3.19. The van der Waals surface area contributed by atoms with Gasteiger partial charge in [-0.1, -0.05) is 41.9 Å². The van der Waals surface area contributed by atoms with Gasteiger partial charge in [-0.2, -0.15) is 13.2 Å². The molecule has 0 aliphatic rings. The third kappa shape index (κ3) is 3.33. The quantitative estimate of drug-likeness (QED) is 0.944. The molecule has 110 valence electrons. The van der Waals surface area contributed by atoms with Crippen molar-refractivity contribution in [3.8, 4) is 0 Å². The van der Waals surface area contributed by atoms with Crippen LogP contribution in [0.15, 0.2) is 42.6 Å². The Morgan fingerprint density at radius 2 is 1.86 bits per heavy atom. The molecule has 1 aromatic heterocycles. The van der Waals surface area contributed by atoms with Crippen LogP contribution >= 0.6 is 11.6 Å². The summed E-state index contributed by atoms with van der Waals surface area (Å²) in [4.78, 5) is 15.3. The fraction of sp³-hybridized carbons (Fsp3) is 0.143. The zero-order valence-electron chi connectivity index (χ0n) is 10.6. The van der Waals surface area contributed by atoms with Crippen LogP contribution in [0.2, 0.25) is 5.02 Å². The Morgan fingerprint density at radius 3 is 2.33 bits per heavy atom. The van der Waals surface area contributed by atoms with E-state index in [-0.39, 0.29) is 10.7 Å². The molecular weight excluding hydrogens is 305 g/mol. The topological polar surface area (TPSA) is 56.0 Å². The van der Waals surface area contributed by atoms with Crippen molar-refractivity contribution < 1.29 is 18.0 Å². The molecule has 3 nitrogen and oxygen atoms in total. The van der Waals surface area contributed by atoms with Crippen LogP contribution in [0.1, 0.15) is 22.7 Å². The fourth-order valence-electron chi connectivity index (χ4n) is 1.92. The second kappa shape index (κ2) is 5.73. The van der Waals surface area contributed by atoms with Crippen LogP contribution in [-0.2, 0) is 11.0 Å². The molecule has 0 saturated carbocycles. The lowest BCUT2D eigenvalue weighted by Crippen LogP contribution is -2.24. The lowest BCUT2D eigenvalue weighted by molar-refractivity contribution is -0.137. The van der Waals surface area contributed by atoms with Gasteiger partial charge in [0.1, 0.15) is 5.92 Å². The average molecular weight is 315 g/mol. The summed E-state index contributed by atoms with van der Waals surface area (Å²) in [6, 6.07) is 9.11. The molecule has 0 aliphatic carbocycles. The zero-order chi connectivity index (χ0) is 15.6. The minimum Gasteiger partial charge on any atom is -0.369 e. The number of hydrogen-bond acceptors (Lipinski definition) is 2. The lowest BCUT2D eigenvalue weighted by atomic mass is 9.94. The summed E-state index contributed by atoms with van der Waals surface area (Å²) in [7, 11) is 0. The maximum absolute atomic E-state index is 12.6. The molecule has 1 atom stereocenters. The monoisotopic (exact) mass is 314 g/mol. The van der Waals surface area contributed by atoms with E-state index in [1.807, 2.05) is 0 Å². The van der Waals surface area contributed by atoms with Gasteiger partial charge >= 0.3 is 6.18 Å². The van der Waals surface area contributed by atoms with Gasteiger partial charge in [-0.05, 0) is 11.6 Å². The van der Waals surface area contributed by atoms with Crippen LogP contribution in [0.3, 0.4) is 0 Å². The van der Waals surface area contributed by atoms with E-state index in [1.165, 1.54) is 0 Å². The minimum absolute atomic E-state index is 0.00312. The predicted octanol–water partition coefficient (Wildman–Crippen LogP) is 3.37. The van der Waals surface area contributed by atoms with Gasteiger partial charge in [0.2, 0.25) is 5.91 Å². The Labute approximate surface area is 123 Å². The highest BCUT2D eigenvalue weighted by atomic mass is 35.5. The summed E-state index contributed by atoms with van der Waals surface area (Å²) in [6.45, 7) is 0. The smallest absolute Gasteiger partial charge is 0.369 e. The maximum Gasteiger partial charge on any atom is 0.417 e. The van der Waals surface area contributed by atoms with Crippen molar-refractivity contribution in [3.63, 3.8) is 0 Å². The van der Waals surface area contributed by atoms with Crippen molar-refractivity contribution in [3.05, 3.63) is 64.4 Å². The normalized spacial score (nSPS) is 13.0. The molecule has 2 rings (SSSR count). The van der Waals surface area contributed by atoms with Gasteiger partial charge in [-0.25, -0.2) is 0 Å². The lowest BCUT2D eigenvalue weighted by Gasteiger charge is -2.16. The highest BCUT2D eigenvalue weighted by molar-refractivity contribution is 6.31. The molecule has 0 saturated heterocycles. The van der Waals surface area contributed by atoms with E-state index in [2.05, 4.69) is 4.98 Å². The largest absolute Gasteiger partial charge is 0.417 e. The fourth-order valence-corrected chi connectivity index (χ4v) is 2.19. The first-order valence-corrected chi connectivity index (χ1v) is 6.25. The van der Waals surface area contributed by atoms with E-state index < -0.39 is 23.6 Å². The third-order valence-electron chi connectivity index (χ3n) is 2.89. The predicted molar refractivity (Wildman–Crippen MR) is 71.7 cm³/mol. The second-order valence-electron chi connectivity index (χ2n) is 4.33. The maximum atomic E-state index is 12.6. The number of alkyl halides is 3. The van der Waals surface area contributed by atoms with Crippen LogP contribution in [-0.4, -0.2) is 10.9 Å². The van der Waals surface area contributed by atoms with Gasteiger partial charge in [0.05, 0.1) is 16.3 Å². The zero-order valence-corrected chi connectivity index (χ0v) is 11.3.